The van der Waals surface area contributed by atoms with E-state index < -0.39 is 11.6 Å². The van der Waals surface area contributed by atoms with Gasteiger partial charge in [0, 0.05) is 23.2 Å². The molecular weight excluding hydrogens is 340 g/mol. The summed E-state index contributed by atoms with van der Waals surface area (Å²) in [7, 11) is 0. The highest BCUT2D eigenvalue weighted by Crippen LogP contribution is 2.31. The minimum atomic E-state index is -0.863. The normalized spacial score (nSPS) is 19.2. The lowest BCUT2D eigenvalue weighted by molar-refractivity contribution is 0.297. The van der Waals surface area contributed by atoms with Crippen LogP contribution >= 0.6 is 0 Å². The van der Waals surface area contributed by atoms with Gasteiger partial charge in [0.2, 0.25) is 0 Å². The third-order valence-electron chi connectivity index (χ3n) is 5.27. The minimum Gasteiger partial charge on any atom is -0.255 e. The Kier molecular flexibility index (Phi) is 6.76. The molecule has 0 bridgehead atoms. The van der Waals surface area contributed by atoms with Crippen molar-refractivity contribution < 1.29 is 8.78 Å². The molecule has 27 heavy (non-hydrogen) atoms. The average Bonchev–Trinajstić information content (AvgIpc) is 2.70. The number of nitrogens with zero attached hydrogens (tertiary/aromatic N) is 1. The molecule has 0 saturated heterocycles. The highest BCUT2D eigenvalue weighted by molar-refractivity contribution is 5.59. The summed E-state index contributed by atoms with van der Waals surface area (Å²) < 4.78 is 26.4. The second kappa shape index (κ2) is 9.46. The van der Waals surface area contributed by atoms with E-state index in [1.807, 2.05) is 12.1 Å². The number of aromatic nitrogens is 1. The largest absolute Gasteiger partial charge is 0.255 e. The summed E-state index contributed by atoms with van der Waals surface area (Å²) >= 11 is 0. The van der Waals surface area contributed by atoms with Crippen LogP contribution < -0.4 is 0 Å². The second-order valence-electron chi connectivity index (χ2n) is 7.27. The van der Waals surface area contributed by atoms with E-state index in [2.05, 4.69) is 23.4 Å². The summed E-state index contributed by atoms with van der Waals surface area (Å²) in [4.78, 5) is 4.34. The molecule has 1 aliphatic rings. The van der Waals surface area contributed by atoms with Crippen molar-refractivity contribution >= 4 is 0 Å². The molecule has 1 nitrogen and oxygen atoms in total. The van der Waals surface area contributed by atoms with E-state index in [9.17, 15) is 8.78 Å². The maximum Gasteiger partial charge on any atom is 0.159 e. The Morgan fingerprint density at radius 1 is 1.07 bits per heavy atom. The minimum absolute atomic E-state index is 0.464. The van der Waals surface area contributed by atoms with Crippen molar-refractivity contribution in [2.75, 3.05) is 0 Å². The van der Waals surface area contributed by atoms with Crippen LogP contribution in [0.3, 0.4) is 0 Å². The zero-order valence-electron chi connectivity index (χ0n) is 15.6. The van der Waals surface area contributed by atoms with Crippen LogP contribution in [0.15, 0.2) is 49.2 Å². The molecule has 0 aliphatic heterocycles. The number of rotatable bonds is 5. The molecule has 1 aromatic heterocycles. The van der Waals surface area contributed by atoms with E-state index in [-0.39, 0.29) is 0 Å². The predicted molar refractivity (Wildman–Crippen MR) is 106 cm³/mol. The topological polar surface area (TPSA) is 12.9 Å². The molecule has 0 unspecified atom stereocenters. The molecule has 0 radical (unpaired) electrons. The van der Waals surface area contributed by atoms with E-state index in [1.54, 1.807) is 12.3 Å². The van der Waals surface area contributed by atoms with Crippen molar-refractivity contribution in [1.29, 1.82) is 0 Å². The zero-order valence-corrected chi connectivity index (χ0v) is 15.6. The highest BCUT2D eigenvalue weighted by Gasteiger charge is 2.19. The van der Waals surface area contributed by atoms with Gasteiger partial charge < -0.3 is 0 Å². The Bertz CT molecular complexity index is 822. The van der Waals surface area contributed by atoms with Crippen molar-refractivity contribution in [3.05, 3.63) is 66.4 Å². The summed E-state index contributed by atoms with van der Waals surface area (Å²) in [6.07, 6.45) is 12.3. The number of benzene rings is 1. The van der Waals surface area contributed by atoms with Crippen LogP contribution in [0.25, 0.3) is 11.3 Å². The van der Waals surface area contributed by atoms with Gasteiger partial charge in [0.05, 0.1) is 5.69 Å². The van der Waals surface area contributed by atoms with E-state index in [0.717, 1.165) is 30.0 Å². The summed E-state index contributed by atoms with van der Waals surface area (Å²) in [6.45, 7) is 3.78. The van der Waals surface area contributed by atoms with E-state index in [0.29, 0.717) is 17.2 Å². The predicted octanol–water partition coefficient (Wildman–Crippen LogP) is 6.54. The third kappa shape index (κ3) is 5.50. The summed E-state index contributed by atoms with van der Waals surface area (Å²) in [5.41, 5.74) is 2.03. The second-order valence-corrected chi connectivity index (χ2v) is 7.27. The molecule has 1 aliphatic carbocycles. The molecule has 0 amide bonds. The fourth-order valence-corrected chi connectivity index (χ4v) is 3.63. The lowest BCUT2D eigenvalue weighted by Gasteiger charge is -2.25. The van der Waals surface area contributed by atoms with Crippen molar-refractivity contribution in [3.8, 4) is 23.1 Å². The maximum atomic E-state index is 13.4. The molecule has 3 heteroatoms. The lowest BCUT2D eigenvalue weighted by Crippen LogP contribution is -2.13. The number of halogens is 2. The van der Waals surface area contributed by atoms with Crippen LogP contribution in [0.5, 0.6) is 0 Å². The molecule has 2 aromatic rings. The molecule has 140 valence electrons. The highest BCUT2D eigenvalue weighted by atomic mass is 19.2. The first-order chi connectivity index (χ1) is 13.2. The van der Waals surface area contributed by atoms with Gasteiger partial charge in [-0.05, 0) is 74.8 Å². The quantitative estimate of drug-likeness (QED) is 0.333. The van der Waals surface area contributed by atoms with Crippen molar-refractivity contribution in [2.45, 2.75) is 44.9 Å². The standard InChI is InChI=1S/C24H25F2N/c1-2-3-4-5-18-6-8-19(9-7-18)10-11-20-12-15-24(27-17-20)21-13-14-22(25)23(26)16-21/h2,12-19H,1,3-9H2. The molecule has 0 N–H and O–H groups in total. The first-order valence-electron chi connectivity index (χ1n) is 9.69. The fraction of sp³-hybridized carbons (Fsp3) is 0.375. The molecule has 1 saturated carbocycles. The first kappa shape index (κ1) is 19.3. The zero-order chi connectivity index (χ0) is 19.1. The van der Waals surface area contributed by atoms with Gasteiger partial charge in [0.15, 0.2) is 11.6 Å². The van der Waals surface area contributed by atoms with E-state index in [4.69, 9.17) is 0 Å². The van der Waals surface area contributed by atoms with Crippen LogP contribution in [0, 0.1) is 35.3 Å². The molecule has 1 aromatic carbocycles. The molecule has 1 heterocycles. The Labute approximate surface area is 160 Å². The first-order valence-corrected chi connectivity index (χ1v) is 9.69. The number of hydrogen-bond donors (Lipinski definition) is 0. The summed E-state index contributed by atoms with van der Waals surface area (Å²) in [5, 5.41) is 0. The smallest absolute Gasteiger partial charge is 0.159 e. The van der Waals surface area contributed by atoms with Gasteiger partial charge in [-0.3, -0.25) is 4.98 Å². The summed E-state index contributed by atoms with van der Waals surface area (Å²) in [5.74, 6) is 6.21. The average molecular weight is 365 g/mol. The monoisotopic (exact) mass is 365 g/mol. The number of allylic oxidation sites excluding steroid dienone is 1. The van der Waals surface area contributed by atoms with E-state index >= 15 is 0 Å². The van der Waals surface area contributed by atoms with Crippen LogP contribution in [0.2, 0.25) is 0 Å². The molecule has 0 spiro atoms. The Morgan fingerprint density at radius 3 is 2.56 bits per heavy atom. The van der Waals surface area contributed by atoms with Gasteiger partial charge in [-0.2, -0.15) is 0 Å². The van der Waals surface area contributed by atoms with Crippen LogP contribution in [0.4, 0.5) is 8.78 Å². The number of unbranched alkanes of at least 4 members (excludes halogenated alkanes) is 1. The lowest BCUT2D eigenvalue weighted by atomic mass is 9.80. The van der Waals surface area contributed by atoms with Crippen molar-refractivity contribution in [1.82, 2.24) is 4.98 Å². The van der Waals surface area contributed by atoms with Gasteiger partial charge in [0.25, 0.3) is 0 Å². The Hall–Kier alpha value is -2.47. The van der Waals surface area contributed by atoms with Crippen LogP contribution in [0.1, 0.15) is 50.5 Å². The Morgan fingerprint density at radius 2 is 1.89 bits per heavy atom. The van der Waals surface area contributed by atoms with Gasteiger partial charge in [-0.25, -0.2) is 8.78 Å². The van der Waals surface area contributed by atoms with Gasteiger partial charge >= 0.3 is 0 Å². The van der Waals surface area contributed by atoms with Crippen LogP contribution in [-0.4, -0.2) is 4.98 Å². The fourth-order valence-electron chi connectivity index (χ4n) is 3.63. The van der Waals surface area contributed by atoms with Crippen molar-refractivity contribution in [3.63, 3.8) is 0 Å². The number of pyridine rings is 1. The number of hydrogen-bond acceptors (Lipinski definition) is 1. The molecular formula is C24H25F2N. The van der Waals surface area contributed by atoms with Gasteiger partial charge in [0.1, 0.15) is 0 Å². The molecule has 3 rings (SSSR count). The third-order valence-corrected chi connectivity index (χ3v) is 5.27. The molecule has 0 atom stereocenters. The van der Waals surface area contributed by atoms with E-state index in [1.165, 1.54) is 44.6 Å². The van der Waals surface area contributed by atoms with Gasteiger partial charge in [-0.15, -0.1) is 6.58 Å². The Balaban J connectivity index is 1.55. The maximum absolute atomic E-state index is 13.4. The van der Waals surface area contributed by atoms with Crippen molar-refractivity contribution in [2.24, 2.45) is 11.8 Å². The SMILES string of the molecule is C=CCCCC1CCC(C#Cc2ccc(-c3ccc(F)c(F)c3)nc2)CC1. The summed E-state index contributed by atoms with van der Waals surface area (Å²) in [6, 6.07) is 7.49. The molecule has 1 fully saturated rings. The van der Waals surface area contributed by atoms with Gasteiger partial charge in [-0.1, -0.05) is 24.3 Å². The van der Waals surface area contributed by atoms with Crippen LogP contribution in [-0.2, 0) is 0 Å².